The quantitative estimate of drug-likeness (QED) is 0.795. The number of hydrogen-bond donors (Lipinski definition) is 0. The van der Waals surface area contributed by atoms with E-state index in [0.29, 0.717) is 11.9 Å². The van der Waals surface area contributed by atoms with Crippen molar-refractivity contribution in [1.82, 2.24) is 29.6 Å². The third-order valence-corrected chi connectivity index (χ3v) is 2.90. The zero-order chi connectivity index (χ0) is 14.5. The molecule has 0 atom stereocenters. The Morgan fingerprint density at radius 2 is 1.95 bits per heavy atom. The van der Waals surface area contributed by atoms with Crippen LogP contribution >= 0.6 is 11.6 Å². The summed E-state index contributed by atoms with van der Waals surface area (Å²) in [4.78, 5) is 16.7. The minimum atomic E-state index is 0.167. The fourth-order valence-electron chi connectivity index (χ4n) is 1.71. The van der Waals surface area contributed by atoms with Crippen LogP contribution in [-0.4, -0.2) is 63.9 Å². The fourth-order valence-corrected chi connectivity index (χ4v) is 1.87. The van der Waals surface area contributed by atoms with Gasteiger partial charge in [-0.05, 0) is 44.7 Å². The molecular formula is C12H18ClN7. The highest BCUT2D eigenvalue weighted by atomic mass is 35.5. The highest BCUT2D eigenvalue weighted by Gasteiger charge is 2.10. The lowest BCUT2D eigenvalue weighted by atomic mass is 10.4. The van der Waals surface area contributed by atoms with Gasteiger partial charge in [-0.25, -0.2) is 4.68 Å². The van der Waals surface area contributed by atoms with E-state index in [1.54, 1.807) is 23.1 Å². The zero-order valence-electron chi connectivity index (χ0n) is 11.9. The van der Waals surface area contributed by atoms with Crippen molar-refractivity contribution in [2.24, 2.45) is 0 Å². The number of halogens is 1. The molecule has 0 aromatic carbocycles. The van der Waals surface area contributed by atoms with E-state index >= 15 is 0 Å². The Morgan fingerprint density at radius 1 is 1.15 bits per heavy atom. The first-order chi connectivity index (χ1) is 9.56. The molecule has 0 saturated carbocycles. The molecule has 0 aliphatic rings. The summed E-state index contributed by atoms with van der Waals surface area (Å²) in [6, 6.07) is 1.80. The first-order valence-electron chi connectivity index (χ1n) is 6.33. The summed E-state index contributed by atoms with van der Waals surface area (Å²) in [6.07, 6.45) is 4.45. The maximum absolute atomic E-state index is 5.96. The van der Waals surface area contributed by atoms with Crippen molar-refractivity contribution in [2.45, 2.75) is 6.42 Å². The van der Waals surface area contributed by atoms with Crippen LogP contribution in [0, 0.1) is 0 Å². The van der Waals surface area contributed by atoms with Gasteiger partial charge < -0.3 is 9.80 Å². The number of anilines is 1. The summed E-state index contributed by atoms with van der Waals surface area (Å²) < 4.78 is 1.56. The number of rotatable bonds is 6. The molecule has 2 heterocycles. The maximum Gasteiger partial charge on any atom is 0.256 e. The smallest absolute Gasteiger partial charge is 0.256 e. The molecular weight excluding hydrogens is 278 g/mol. The summed E-state index contributed by atoms with van der Waals surface area (Å²) in [5, 5.41) is 4.26. The van der Waals surface area contributed by atoms with E-state index in [-0.39, 0.29) is 5.28 Å². The van der Waals surface area contributed by atoms with Gasteiger partial charge in [0.1, 0.15) is 0 Å². The van der Waals surface area contributed by atoms with E-state index in [1.165, 1.54) is 0 Å². The van der Waals surface area contributed by atoms with E-state index in [1.807, 2.05) is 11.9 Å². The molecule has 0 aliphatic heterocycles. The minimum Gasteiger partial charge on any atom is -0.344 e. The molecule has 8 heteroatoms. The molecule has 2 rings (SSSR count). The van der Waals surface area contributed by atoms with Crippen molar-refractivity contribution in [3.8, 4) is 5.95 Å². The second-order valence-electron chi connectivity index (χ2n) is 4.73. The molecule has 108 valence electrons. The van der Waals surface area contributed by atoms with Crippen LogP contribution in [0.1, 0.15) is 6.42 Å². The van der Waals surface area contributed by atoms with Gasteiger partial charge in [0.25, 0.3) is 5.95 Å². The van der Waals surface area contributed by atoms with Crippen molar-refractivity contribution in [3.63, 3.8) is 0 Å². The lowest BCUT2D eigenvalue weighted by Gasteiger charge is -2.18. The molecule has 2 aromatic rings. The third-order valence-electron chi connectivity index (χ3n) is 2.73. The Kier molecular flexibility index (Phi) is 4.86. The van der Waals surface area contributed by atoms with Crippen LogP contribution in [0.15, 0.2) is 18.5 Å². The van der Waals surface area contributed by atoms with Gasteiger partial charge in [-0.15, -0.1) is 0 Å². The van der Waals surface area contributed by atoms with E-state index in [9.17, 15) is 0 Å². The van der Waals surface area contributed by atoms with Crippen LogP contribution < -0.4 is 4.90 Å². The number of hydrogen-bond acceptors (Lipinski definition) is 6. The average Bonchev–Trinajstić information content (AvgIpc) is 2.91. The van der Waals surface area contributed by atoms with Gasteiger partial charge in [0.15, 0.2) is 0 Å². The van der Waals surface area contributed by atoms with Crippen molar-refractivity contribution in [3.05, 3.63) is 23.7 Å². The Labute approximate surface area is 123 Å². The van der Waals surface area contributed by atoms with Gasteiger partial charge in [0.05, 0.1) is 0 Å². The Bertz CT molecular complexity index is 541. The number of nitrogens with zero attached hydrogens (tertiary/aromatic N) is 7. The van der Waals surface area contributed by atoms with Gasteiger partial charge in [0.2, 0.25) is 11.2 Å². The first kappa shape index (κ1) is 14.7. The normalized spacial score (nSPS) is 11.1. The molecule has 0 fully saturated rings. The molecule has 7 nitrogen and oxygen atoms in total. The van der Waals surface area contributed by atoms with Gasteiger partial charge in [0, 0.05) is 26.0 Å². The lowest BCUT2D eigenvalue weighted by Crippen LogP contribution is -2.25. The second-order valence-corrected chi connectivity index (χ2v) is 5.07. The van der Waals surface area contributed by atoms with Gasteiger partial charge in [-0.1, -0.05) is 0 Å². The average molecular weight is 296 g/mol. The van der Waals surface area contributed by atoms with Crippen molar-refractivity contribution >= 4 is 17.5 Å². The van der Waals surface area contributed by atoms with Gasteiger partial charge in [-0.2, -0.15) is 20.1 Å². The molecule has 0 amide bonds. The van der Waals surface area contributed by atoms with Crippen LogP contribution in [0.3, 0.4) is 0 Å². The van der Waals surface area contributed by atoms with Crippen LogP contribution in [0.5, 0.6) is 0 Å². The van der Waals surface area contributed by atoms with Gasteiger partial charge >= 0.3 is 0 Å². The highest BCUT2D eigenvalue weighted by molar-refractivity contribution is 6.28. The van der Waals surface area contributed by atoms with Crippen molar-refractivity contribution < 1.29 is 0 Å². The molecule has 0 aliphatic carbocycles. The van der Waals surface area contributed by atoms with E-state index < -0.39 is 0 Å². The lowest BCUT2D eigenvalue weighted by molar-refractivity contribution is 0.401. The monoisotopic (exact) mass is 295 g/mol. The molecule has 2 aromatic heterocycles. The zero-order valence-corrected chi connectivity index (χ0v) is 12.6. The molecule has 0 spiro atoms. The van der Waals surface area contributed by atoms with E-state index in [0.717, 1.165) is 19.5 Å². The molecule has 0 saturated heterocycles. The second kappa shape index (κ2) is 6.62. The molecule has 0 N–H and O–H groups in total. The van der Waals surface area contributed by atoms with Crippen LogP contribution in [0.2, 0.25) is 5.28 Å². The summed E-state index contributed by atoms with van der Waals surface area (Å²) >= 11 is 5.96. The van der Waals surface area contributed by atoms with Crippen LogP contribution in [0.4, 0.5) is 5.95 Å². The first-order valence-corrected chi connectivity index (χ1v) is 6.71. The SMILES string of the molecule is CN(C)CCCN(C)c1nc(Cl)nc(-n2cccn2)n1. The van der Waals surface area contributed by atoms with E-state index in [2.05, 4.69) is 39.0 Å². The standard InChI is InChI=1S/C12H18ClN7/c1-18(2)7-5-8-19(3)11-15-10(13)16-12(17-11)20-9-4-6-14-20/h4,6,9H,5,7-8H2,1-3H3. The molecule has 20 heavy (non-hydrogen) atoms. The Hall–Kier alpha value is -1.73. The van der Waals surface area contributed by atoms with Gasteiger partial charge in [-0.3, -0.25) is 0 Å². The van der Waals surface area contributed by atoms with Crippen molar-refractivity contribution in [1.29, 1.82) is 0 Å². The molecule has 0 bridgehead atoms. The summed E-state index contributed by atoms with van der Waals surface area (Å²) in [7, 11) is 6.04. The fraction of sp³-hybridized carbons (Fsp3) is 0.500. The minimum absolute atomic E-state index is 0.167. The Morgan fingerprint density at radius 3 is 2.60 bits per heavy atom. The Balaban J connectivity index is 2.11. The predicted octanol–water partition coefficient (Wildman–Crippen LogP) is 1.10. The topological polar surface area (TPSA) is 63.0 Å². The van der Waals surface area contributed by atoms with Crippen molar-refractivity contribution in [2.75, 3.05) is 39.1 Å². The molecule has 0 radical (unpaired) electrons. The third kappa shape index (κ3) is 3.88. The van der Waals surface area contributed by atoms with E-state index in [4.69, 9.17) is 11.6 Å². The number of aromatic nitrogens is 5. The largest absolute Gasteiger partial charge is 0.344 e. The maximum atomic E-state index is 5.96. The van der Waals surface area contributed by atoms with Crippen LogP contribution in [-0.2, 0) is 0 Å². The highest BCUT2D eigenvalue weighted by Crippen LogP contribution is 2.12. The summed E-state index contributed by atoms with van der Waals surface area (Å²) in [5.41, 5.74) is 0. The van der Waals surface area contributed by atoms with Crippen LogP contribution in [0.25, 0.3) is 5.95 Å². The summed E-state index contributed by atoms with van der Waals surface area (Å²) in [5.74, 6) is 0.971. The summed E-state index contributed by atoms with van der Waals surface area (Å²) in [6.45, 7) is 1.85. The molecule has 0 unspecified atom stereocenters. The predicted molar refractivity (Wildman–Crippen MR) is 78.4 cm³/mol.